The zero-order valence-corrected chi connectivity index (χ0v) is 10.9. The van der Waals surface area contributed by atoms with Gasteiger partial charge in [-0.2, -0.15) is 0 Å². The maximum Gasteiger partial charge on any atom is 0.241 e. The molecule has 0 radical (unpaired) electrons. The smallest absolute Gasteiger partial charge is 0.241 e. The summed E-state index contributed by atoms with van der Waals surface area (Å²) in [5.41, 5.74) is 7.84. The lowest BCUT2D eigenvalue weighted by atomic mass is 10.1. The fourth-order valence-electron chi connectivity index (χ4n) is 1.94. The first kappa shape index (κ1) is 13.3. The van der Waals surface area contributed by atoms with Crippen molar-refractivity contribution in [3.8, 4) is 0 Å². The van der Waals surface area contributed by atoms with E-state index in [0.29, 0.717) is 0 Å². The SMILES string of the molecule is C[C@H](NC(=O)C(N)c1ccccc1)c1ccccc1. The van der Waals surface area contributed by atoms with Crippen molar-refractivity contribution in [3.05, 3.63) is 71.8 Å². The highest BCUT2D eigenvalue weighted by Crippen LogP contribution is 2.14. The van der Waals surface area contributed by atoms with Gasteiger partial charge in [-0.3, -0.25) is 4.79 Å². The van der Waals surface area contributed by atoms with Crippen molar-refractivity contribution in [1.29, 1.82) is 0 Å². The summed E-state index contributed by atoms with van der Waals surface area (Å²) in [7, 11) is 0. The molecule has 0 aliphatic carbocycles. The number of carbonyl (C=O) groups is 1. The number of hydrogen-bond acceptors (Lipinski definition) is 2. The van der Waals surface area contributed by atoms with E-state index in [2.05, 4.69) is 5.32 Å². The summed E-state index contributed by atoms with van der Waals surface area (Å²) in [6, 6.07) is 18.5. The Balaban J connectivity index is 2.02. The second-order valence-electron chi connectivity index (χ2n) is 4.53. The number of nitrogens with one attached hydrogen (secondary N) is 1. The summed E-state index contributed by atoms with van der Waals surface area (Å²) >= 11 is 0. The average molecular weight is 254 g/mol. The third-order valence-corrected chi connectivity index (χ3v) is 3.10. The van der Waals surface area contributed by atoms with Gasteiger partial charge in [-0.15, -0.1) is 0 Å². The molecule has 2 atom stereocenters. The van der Waals surface area contributed by atoms with E-state index in [-0.39, 0.29) is 11.9 Å². The Kier molecular flexibility index (Phi) is 4.31. The van der Waals surface area contributed by atoms with Crippen LogP contribution < -0.4 is 11.1 Å². The fourth-order valence-corrected chi connectivity index (χ4v) is 1.94. The van der Waals surface area contributed by atoms with E-state index in [4.69, 9.17) is 5.73 Å². The number of benzene rings is 2. The van der Waals surface area contributed by atoms with E-state index in [0.717, 1.165) is 11.1 Å². The summed E-state index contributed by atoms with van der Waals surface area (Å²) in [6.07, 6.45) is 0. The van der Waals surface area contributed by atoms with Gasteiger partial charge in [0.15, 0.2) is 0 Å². The first-order chi connectivity index (χ1) is 9.18. The fraction of sp³-hybridized carbons (Fsp3) is 0.188. The molecule has 98 valence electrons. The van der Waals surface area contributed by atoms with Gasteiger partial charge in [0, 0.05) is 0 Å². The summed E-state index contributed by atoms with van der Waals surface area (Å²) in [6.45, 7) is 1.95. The topological polar surface area (TPSA) is 55.1 Å². The molecule has 0 aromatic heterocycles. The van der Waals surface area contributed by atoms with Crippen LogP contribution >= 0.6 is 0 Å². The van der Waals surface area contributed by atoms with E-state index >= 15 is 0 Å². The van der Waals surface area contributed by atoms with Crippen LogP contribution in [0.25, 0.3) is 0 Å². The Morgan fingerprint density at radius 3 is 1.95 bits per heavy atom. The molecule has 0 fully saturated rings. The Bertz CT molecular complexity index is 525. The normalized spacial score (nSPS) is 13.6. The highest BCUT2D eigenvalue weighted by atomic mass is 16.2. The van der Waals surface area contributed by atoms with Crippen LogP contribution in [0.1, 0.15) is 30.1 Å². The summed E-state index contributed by atoms with van der Waals surface area (Å²) in [5, 5.41) is 2.93. The lowest BCUT2D eigenvalue weighted by Crippen LogP contribution is -2.35. The Morgan fingerprint density at radius 1 is 0.947 bits per heavy atom. The molecule has 2 aromatic rings. The molecular formula is C16H18N2O. The van der Waals surface area contributed by atoms with Gasteiger partial charge in [-0.25, -0.2) is 0 Å². The van der Waals surface area contributed by atoms with Crippen LogP contribution in [0.3, 0.4) is 0 Å². The molecule has 2 rings (SSSR count). The van der Waals surface area contributed by atoms with E-state index < -0.39 is 6.04 Å². The molecule has 1 unspecified atom stereocenters. The minimum Gasteiger partial charge on any atom is -0.348 e. The van der Waals surface area contributed by atoms with Crippen LogP contribution in [0.4, 0.5) is 0 Å². The van der Waals surface area contributed by atoms with Gasteiger partial charge in [0.25, 0.3) is 0 Å². The van der Waals surface area contributed by atoms with E-state index in [9.17, 15) is 4.79 Å². The largest absolute Gasteiger partial charge is 0.348 e. The molecule has 3 heteroatoms. The van der Waals surface area contributed by atoms with Gasteiger partial charge in [-0.05, 0) is 18.1 Å². The van der Waals surface area contributed by atoms with Gasteiger partial charge in [0.1, 0.15) is 6.04 Å². The monoisotopic (exact) mass is 254 g/mol. The summed E-state index contributed by atoms with van der Waals surface area (Å²) < 4.78 is 0. The van der Waals surface area contributed by atoms with Crippen molar-refractivity contribution in [2.24, 2.45) is 5.73 Å². The maximum absolute atomic E-state index is 12.1. The first-order valence-corrected chi connectivity index (χ1v) is 6.34. The quantitative estimate of drug-likeness (QED) is 0.881. The number of rotatable bonds is 4. The van der Waals surface area contributed by atoms with Gasteiger partial charge in [0.05, 0.1) is 6.04 Å². The lowest BCUT2D eigenvalue weighted by molar-refractivity contribution is -0.123. The van der Waals surface area contributed by atoms with Crippen LogP contribution in [0.2, 0.25) is 0 Å². The molecule has 1 amide bonds. The van der Waals surface area contributed by atoms with Crippen LogP contribution in [-0.2, 0) is 4.79 Å². The van der Waals surface area contributed by atoms with Crippen molar-refractivity contribution < 1.29 is 4.79 Å². The Morgan fingerprint density at radius 2 is 1.42 bits per heavy atom. The molecular weight excluding hydrogens is 236 g/mol. The zero-order chi connectivity index (χ0) is 13.7. The minimum atomic E-state index is -0.632. The van der Waals surface area contributed by atoms with Crippen molar-refractivity contribution in [2.45, 2.75) is 19.0 Å². The molecule has 0 saturated heterocycles. The molecule has 19 heavy (non-hydrogen) atoms. The summed E-state index contributed by atoms with van der Waals surface area (Å²) in [5.74, 6) is -0.164. The summed E-state index contributed by atoms with van der Waals surface area (Å²) in [4.78, 5) is 12.1. The maximum atomic E-state index is 12.1. The molecule has 2 aromatic carbocycles. The number of hydrogen-bond donors (Lipinski definition) is 2. The predicted octanol–water partition coefficient (Wildman–Crippen LogP) is 2.56. The van der Waals surface area contributed by atoms with Crippen LogP contribution in [0.15, 0.2) is 60.7 Å². The number of carbonyl (C=O) groups excluding carboxylic acids is 1. The number of amides is 1. The highest BCUT2D eigenvalue weighted by molar-refractivity contribution is 5.83. The van der Waals surface area contributed by atoms with Crippen molar-refractivity contribution in [3.63, 3.8) is 0 Å². The van der Waals surface area contributed by atoms with E-state index in [1.165, 1.54) is 0 Å². The molecule has 0 heterocycles. The van der Waals surface area contributed by atoms with Gasteiger partial charge < -0.3 is 11.1 Å². The van der Waals surface area contributed by atoms with Crippen molar-refractivity contribution >= 4 is 5.91 Å². The molecule has 0 aliphatic rings. The highest BCUT2D eigenvalue weighted by Gasteiger charge is 2.17. The van der Waals surface area contributed by atoms with Crippen LogP contribution in [-0.4, -0.2) is 5.91 Å². The average Bonchev–Trinajstić information content (AvgIpc) is 2.48. The van der Waals surface area contributed by atoms with Gasteiger partial charge in [0.2, 0.25) is 5.91 Å². The molecule has 0 bridgehead atoms. The molecule has 3 nitrogen and oxygen atoms in total. The van der Waals surface area contributed by atoms with E-state index in [1.54, 1.807) is 0 Å². The second-order valence-corrected chi connectivity index (χ2v) is 4.53. The van der Waals surface area contributed by atoms with Gasteiger partial charge in [-0.1, -0.05) is 60.7 Å². The van der Waals surface area contributed by atoms with E-state index in [1.807, 2.05) is 67.6 Å². The van der Waals surface area contributed by atoms with Crippen molar-refractivity contribution in [1.82, 2.24) is 5.32 Å². The minimum absolute atomic E-state index is 0.0523. The Hall–Kier alpha value is -2.13. The number of nitrogens with two attached hydrogens (primary N) is 1. The molecule has 3 N–H and O–H groups in total. The first-order valence-electron chi connectivity index (χ1n) is 6.34. The van der Waals surface area contributed by atoms with Crippen LogP contribution in [0.5, 0.6) is 0 Å². The van der Waals surface area contributed by atoms with Crippen LogP contribution in [0, 0.1) is 0 Å². The Labute approximate surface area is 113 Å². The zero-order valence-electron chi connectivity index (χ0n) is 10.9. The standard InChI is InChI=1S/C16H18N2O/c1-12(13-8-4-2-5-9-13)18-16(19)15(17)14-10-6-3-7-11-14/h2-12,15H,17H2,1H3,(H,18,19)/t12-,15?/m0/s1. The lowest BCUT2D eigenvalue weighted by Gasteiger charge is -2.18. The van der Waals surface area contributed by atoms with Crippen molar-refractivity contribution in [2.75, 3.05) is 0 Å². The third kappa shape index (κ3) is 3.42. The van der Waals surface area contributed by atoms with Gasteiger partial charge >= 0.3 is 0 Å². The predicted molar refractivity (Wildman–Crippen MR) is 76.4 cm³/mol. The second kappa shape index (κ2) is 6.16. The third-order valence-electron chi connectivity index (χ3n) is 3.10. The molecule has 0 saturated carbocycles. The molecule has 0 spiro atoms. The molecule has 0 aliphatic heterocycles.